The van der Waals surface area contributed by atoms with Crippen molar-refractivity contribution in [3.05, 3.63) is 30.1 Å². The molecule has 0 bridgehead atoms. The van der Waals surface area contributed by atoms with Crippen LogP contribution in [0.2, 0.25) is 0 Å². The zero-order valence-corrected chi connectivity index (χ0v) is 12.1. The molecular formula is C14H21NO2S. The van der Waals surface area contributed by atoms with Gasteiger partial charge in [-0.1, -0.05) is 0 Å². The van der Waals surface area contributed by atoms with Gasteiger partial charge in [-0.25, -0.2) is 0 Å². The number of hydrogen-bond donors (Lipinski definition) is 0. The van der Waals surface area contributed by atoms with Crippen LogP contribution in [-0.4, -0.2) is 28.1 Å². The van der Waals surface area contributed by atoms with Gasteiger partial charge in [0.2, 0.25) is 0 Å². The molecule has 3 nitrogen and oxygen atoms in total. The molecule has 0 aromatic carbocycles. The van der Waals surface area contributed by atoms with E-state index >= 15 is 0 Å². The molecule has 0 amide bonds. The van der Waals surface area contributed by atoms with Crippen LogP contribution in [0, 0.1) is 0 Å². The second-order valence-electron chi connectivity index (χ2n) is 5.05. The predicted octanol–water partition coefficient (Wildman–Crippen LogP) is 3.09. The summed E-state index contributed by atoms with van der Waals surface area (Å²) in [6.07, 6.45) is 5.11. The Bertz CT molecular complexity index is 360. The number of nitrogens with zero attached hydrogens (tertiary/aromatic N) is 1. The van der Waals surface area contributed by atoms with Crippen LogP contribution in [0.3, 0.4) is 0 Å². The van der Waals surface area contributed by atoms with E-state index in [1.807, 2.05) is 32.9 Å². The highest BCUT2D eigenvalue weighted by molar-refractivity contribution is 7.99. The van der Waals surface area contributed by atoms with Gasteiger partial charge in [-0.2, -0.15) is 11.8 Å². The topological polar surface area (TPSA) is 39.2 Å². The molecule has 0 aliphatic carbocycles. The van der Waals surface area contributed by atoms with Crippen molar-refractivity contribution < 1.29 is 9.53 Å². The number of ether oxygens (including phenoxy) is 1. The van der Waals surface area contributed by atoms with E-state index in [1.54, 1.807) is 24.2 Å². The third kappa shape index (κ3) is 7.33. The highest BCUT2D eigenvalue weighted by Crippen LogP contribution is 2.11. The Morgan fingerprint density at radius 3 is 2.56 bits per heavy atom. The molecule has 1 aromatic heterocycles. The number of carbonyl (C=O) groups is 1. The second-order valence-corrected chi connectivity index (χ2v) is 6.28. The van der Waals surface area contributed by atoms with Gasteiger partial charge in [-0.3, -0.25) is 9.78 Å². The van der Waals surface area contributed by atoms with E-state index < -0.39 is 0 Å². The summed E-state index contributed by atoms with van der Waals surface area (Å²) in [4.78, 5) is 15.4. The number of aromatic nitrogens is 1. The second kappa shape index (κ2) is 7.41. The van der Waals surface area contributed by atoms with Gasteiger partial charge in [0.1, 0.15) is 5.60 Å². The van der Waals surface area contributed by atoms with Crippen LogP contribution in [0.15, 0.2) is 24.5 Å². The summed E-state index contributed by atoms with van der Waals surface area (Å²) in [7, 11) is 0. The van der Waals surface area contributed by atoms with Crippen LogP contribution >= 0.6 is 11.8 Å². The maximum atomic E-state index is 11.4. The standard InChI is InChI=1S/C14H21NO2S/c1-14(2,3)17-13(16)7-11-18-10-6-12-4-8-15-9-5-12/h4-5,8-9H,6-7,10-11H2,1-3H3. The van der Waals surface area contributed by atoms with Crippen LogP contribution in [0.4, 0.5) is 0 Å². The quantitative estimate of drug-likeness (QED) is 0.586. The van der Waals surface area contributed by atoms with E-state index in [4.69, 9.17) is 4.74 Å². The molecule has 0 unspecified atom stereocenters. The number of carbonyl (C=O) groups excluding carboxylic acids is 1. The Morgan fingerprint density at radius 1 is 1.28 bits per heavy atom. The molecule has 0 aliphatic heterocycles. The van der Waals surface area contributed by atoms with Crippen LogP contribution in [-0.2, 0) is 16.0 Å². The molecule has 4 heteroatoms. The van der Waals surface area contributed by atoms with Crippen molar-refractivity contribution in [2.24, 2.45) is 0 Å². The van der Waals surface area contributed by atoms with E-state index in [1.165, 1.54) is 5.56 Å². The first kappa shape index (κ1) is 15.0. The maximum Gasteiger partial charge on any atom is 0.307 e. The number of aryl methyl sites for hydroxylation is 1. The highest BCUT2D eigenvalue weighted by Gasteiger charge is 2.15. The number of thioether (sulfide) groups is 1. The van der Waals surface area contributed by atoms with Crippen molar-refractivity contribution in [1.82, 2.24) is 4.98 Å². The monoisotopic (exact) mass is 267 g/mol. The fourth-order valence-corrected chi connectivity index (χ4v) is 2.28. The lowest BCUT2D eigenvalue weighted by molar-refractivity contribution is -0.154. The van der Waals surface area contributed by atoms with E-state index in [2.05, 4.69) is 4.98 Å². The van der Waals surface area contributed by atoms with Gasteiger partial charge in [0, 0.05) is 18.1 Å². The van der Waals surface area contributed by atoms with Crippen LogP contribution < -0.4 is 0 Å². The number of pyridine rings is 1. The van der Waals surface area contributed by atoms with Gasteiger partial charge in [0.25, 0.3) is 0 Å². The summed E-state index contributed by atoms with van der Waals surface area (Å²) in [5, 5.41) is 0. The molecule has 0 spiro atoms. The van der Waals surface area contributed by atoms with E-state index in [0.29, 0.717) is 6.42 Å². The van der Waals surface area contributed by atoms with Gasteiger partial charge in [-0.15, -0.1) is 0 Å². The molecule has 0 fully saturated rings. The van der Waals surface area contributed by atoms with Crippen molar-refractivity contribution in [1.29, 1.82) is 0 Å². The first-order chi connectivity index (χ1) is 8.47. The molecule has 0 N–H and O–H groups in total. The molecule has 1 rings (SSSR count). The first-order valence-electron chi connectivity index (χ1n) is 6.16. The normalized spacial score (nSPS) is 11.3. The molecule has 0 atom stereocenters. The first-order valence-corrected chi connectivity index (χ1v) is 7.31. The van der Waals surface area contributed by atoms with Gasteiger partial charge >= 0.3 is 5.97 Å². The zero-order chi connectivity index (χ0) is 13.4. The lowest BCUT2D eigenvalue weighted by Crippen LogP contribution is -2.24. The smallest absolute Gasteiger partial charge is 0.307 e. The van der Waals surface area contributed by atoms with Gasteiger partial charge in [0.15, 0.2) is 0 Å². The molecule has 0 aliphatic rings. The Balaban J connectivity index is 2.07. The van der Waals surface area contributed by atoms with E-state index in [-0.39, 0.29) is 11.6 Å². The van der Waals surface area contributed by atoms with Gasteiger partial charge in [0.05, 0.1) is 6.42 Å². The predicted molar refractivity (Wildman–Crippen MR) is 75.7 cm³/mol. The maximum absolute atomic E-state index is 11.4. The highest BCUT2D eigenvalue weighted by atomic mass is 32.2. The zero-order valence-electron chi connectivity index (χ0n) is 11.3. The summed E-state index contributed by atoms with van der Waals surface area (Å²) in [6.45, 7) is 5.67. The number of hydrogen-bond acceptors (Lipinski definition) is 4. The summed E-state index contributed by atoms with van der Waals surface area (Å²) >= 11 is 1.78. The Hall–Kier alpha value is -1.03. The van der Waals surface area contributed by atoms with Crippen molar-refractivity contribution in [2.45, 2.75) is 39.2 Å². The summed E-state index contributed by atoms with van der Waals surface area (Å²) in [5.74, 6) is 1.73. The van der Waals surface area contributed by atoms with Crippen molar-refractivity contribution in [3.8, 4) is 0 Å². The molecule has 18 heavy (non-hydrogen) atoms. The third-order valence-corrected chi connectivity index (χ3v) is 3.14. The van der Waals surface area contributed by atoms with Crippen molar-refractivity contribution >= 4 is 17.7 Å². The minimum Gasteiger partial charge on any atom is -0.460 e. The molecule has 0 radical (unpaired) electrons. The summed E-state index contributed by atoms with van der Waals surface area (Å²) < 4.78 is 5.24. The fraction of sp³-hybridized carbons (Fsp3) is 0.571. The third-order valence-electron chi connectivity index (χ3n) is 2.15. The van der Waals surface area contributed by atoms with Crippen LogP contribution in [0.5, 0.6) is 0 Å². The summed E-state index contributed by atoms with van der Waals surface area (Å²) in [6, 6.07) is 4.04. The SMILES string of the molecule is CC(C)(C)OC(=O)CCSCCc1ccncc1. The van der Waals surface area contributed by atoms with Gasteiger partial charge < -0.3 is 4.74 Å². The minimum atomic E-state index is -0.376. The van der Waals surface area contributed by atoms with Crippen LogP contribution in [0.25, 0.3) is 0 Å². The average Bonchev–Trinajstić information content (AvgIpc) is 2.27. The van der Waals surface area contributed by atoms with E-state index in [0.717, 1.165) is 17.9 Å². The lowest BCUT2D eigenvalue weighted by atomic mass is 10.2. The number of rotatable bonds is 6. The van der Waals surface area contributed by atoms with Crippen molar-refractivity contribution in [2.75, 3.05) is 11.5 Å². The largest absolute Gasteiger partial charge is 0.460 e. The molecule has 0 saturated carbocycles. The molecule has 100 valence electrons. The molecule has 1 heterocycles. The fourth-order valence-electron chi connectivity index (χ4n) is 1.39. The minimum absolute atomic E-state index is 0.112. The molecule has 0 saturated heterocycles. The van der Waals surface area contributed by atoms with Gasteiger partial charge in [-0.05, 0) is 50.6 Å². The van der Waals surface area contributed by atoms with E-state index in [9.17, 15) is 4.79 Å². The summed E-state index contributed by atoms with van der Waals surface area (Å²) in [5.41, 5.74) is 0.911. The number of esters is 1. The lowest BCUT2D eigenvalue weighted by Gasteiger charge is -2.19. The Morgan fingerprint density at radius 2 is 1.94 bits per heavy atom. The Labute approximate surface area is 113 Å². The average molecular weight is 267 g/mol. The molecular weight excluding hydrogens is 246 g/mol. The van der Waals surface area contributed by atoms with Crippen molar-refractivity contribution in [3.63, 3.8) is 0 Å². The van der Waals surface area contributed by atoms with Crippen LogP contribution in [0.1, 0.15) is 32.8 Å². The Kier molecular flexibility index (Phi) is 6.19. The molecule has 1 aromatic rings.